The lowest BCUT2D eigenvalue weighted by atomic mass is 10.0. The van der Waals surface area contributed by atoms with Crippen molar-refractivity contribution in [3.05, 3.63) is 58.3 Å². The first-order valence-electron chi connectivity index (χ1n) is 8.06. The highest BCUT2D eigenvalue weighted by Crippen LogP contribution is 2.26. The standard InChI is InChI=1S/C19H22N4O/c1-11-5-12(2)19-17(6-11)16(14(4)23-19)7-18(24)22-10-15-9-20-13(3)8-21-15/h5-6,8-9,23H,7,10H2,1-4H3,(H,22,24). The van der Waals surface area contributed by atoms with E-state index < -0.39 is 0 Å². The first-order chi connectivity index (χ1) is 11.4. The number of nitrogens with zero attached hydrogens (tertiary/aromatic N) is 2. The molecule has 0 saturated heterocycles. The number of fused-ring (bicyclic) bond motifs is 1. The smallest absolute Gasteiger partial charge is 0.224 e. The average Bonchev–Trinajstić information content (AvgIpc) is 2.84. The van der Waals surface area contributed by atoms with Crippen LogP contribution in [0.3, 0.4) is 0 Å². The Kier molecular flexibility index (Phi) is 4.34. The van der Waals surface area contributed by atoms with Gasteiger partial charge >= 0.3 is 0 Å². The van der Waals surface area contributed by atoms with E-state index in [-0.39, 0.29) is 5.91 Å². The van der Waals surface area contributed by atoms with Crippen LogP contribution in [0.1, 0.15) is 33.8 Å². The molecule has 0 radical (unpaired) electrons. The molecule has 0 bridgehead atoms. The summed E-state index contributed by atoms with van der Waals surface area (Å²) in [7, 11) is 0. The molecule has 5 heteroatoms. The van der Waals surface area contributed by atoms with Gasteiger partial charge in [0.2, 0.25) is 5.91 Å². The second-order valence-electron chi connectivity index (χ2n) is 6.34. The van der Waals surface area contributed by atoms with E-state index in [1.807, 2.05) is 13.8 Å². The Morgan fingerprint density at radius 2 is 1.92 bits per heavy atom. The van der Waals surface area contributed by atoms with Gasteiger partial charge in [0.15, 0.2) is 0 Å². The number of aromatic amines is 1. The van der Waals surface area contributed by atoms with Gasteiger partial charge in [-0.25, -0.2) is 0 Å². The summed E-state index contributed by atoms with van der Waals surface area (Å²) in [6.45, 7) is 8.47. The van der Waals surface area contributed by atoms with Crippen LogP contribution in [0.15, 0.2) is 24.5 Å². The number of amides is 1. The molecule has 0 aliphatic rings. The molecule has 24 heavy (non-hydrogen) atoms. The van der Waals surface area contributed by atoms with Crippen LogP contribution in [-0.2, 0) is 17.8 Å². The zero-order valence-electron chi connectivity index (χ0n) is 14.5. The summed E-state index contributed by atoms with van der Waals surface area (Å²) in [5.74, 6) is -0.0134. The Bertz CT molecular complexity index is 894. The maximum Gasteiger partial charge on any atom is 0.224 e. The molecule has 1 amide bonds. The fraction of sp³-hybridized carbons (Fsp3) is 0.316. The summed E-state index contributed by atoms with van der Waals surface area (Å²) >= 11 is 0. The van der Waals surface area contributed by atoms with Crippen LogP contribution in [0.2, 0.25) is 0 Å². The van der Waals surface area contributed by atoms with Gasteiger partial charge in [0.1, 0.15) is 0 Å². The molecule has 3 aromatic rings. The summed E-state index contributed by atoms with van der Waals surface area (Å²) < 4.78 is 0. The van der Waals surface area contributed by atoms with Gasteiger partial charge in [-0.15, -0.1) is 0 Å². The number of benzene rings is 1. The van der Waals surface area contributed by atoms with Crippen molar-refractivity contribution >= 4 is 16.8 Å². The van der Waals surface area contributed by atoms with E-state index in [0.29, 0.717) is 13.0 Å². The molecular formula is C19H22N4O. The van der Waals surface area contributed by atoms with Gasteiger partial charge in [0.05, 0.1) is 30.6 Å². The van der Waals surface area contributed by atoms with E-state index in [0.717, 1.165) is 33.5 Å². The number of carbonyl (C=O) groups excluding carboxylic acids is 1. The third-order valence-corrected chi connectivity index (χ3v) is 4.21. The number of hydrogen-bond acceptors (Lipinski definition) is 3. The lowest BCUT2D eigenvalue weighted by Crippen LogP contribution is -2.25. The van der Waals surface area contributed by atoms with Crippen molar-refractivity contribution in [2.45, 2.75) is 40.7 Å². The Labute approximate surface area is 141 Å². The van der Waals surface area contributed by atoms with E-state index in [4.69, 9.17) is 0 Å². The monoisotopic (exact) mass is 322 g/mol. The fourth-order valence-electron chi connectivity index (χ4n) is 2.99. The molecular weight excluding hydrogens is 300 g/mol. The van der Waals surface area contributed by atoms with Crippen molar-refractivity contribution in [1.82, 2.24) is 20.3 Å². The highest BCUT2D eigenvalue weighted by atomic mass is 16.1. The Morgan fingerprint density at radius 3 is 2.62 bits per heavy atom. The molecule has 0 fully saturated rings. The Morgan fingerprint density at radius 1 is 1.12 bits per heavy atom. The van der Waals surface area contributed by atoms with E-state index in [1.165, 1.54) is 11.1 Å². The maximum absolute atomic E-state index is 12.3. The van der Waals surface area contributed by atoms with E-state index in [9.17, 15) is 4.79 Å². The Balaban J connectivity index is 1.75. The lowest BCUT2D eigenvalue weighted by molar-refractivity contribution is -0.120. The minimum atomic E-state index is -0.0134. The molecule has 0 saturated carbocycles. The summed E-state index contributed by atoms with van der Waals surface area (Å²) in [5, 5.41) is 4.06. The number of aromatic nitrogens is 3. The number of H-pyrrole nitrogens is 1. The van der Waals surface area contributed by atoms with Gasteiger partial charge in [0, 0.05) is 22.8 Å². The first kappa shape index (κ1) is 16.2. The van der Waals surface area contributed by atoms with Crippen LogP contribution in [0, 0.1) is 27.7 Å². The molecule has 2 N–H and O–H groups in total. The van der Waals surface area contributed by atoms with E-state index in [1.54, 1.807) is 12.4 Å². The minimum absolute atomic E-state index is 0.0134. The average molecular weight is 322 g/mol. The molecule has 1 aromatic carbocycles. The van der Waals surface area contributed by atoms with Crippen LogP contribution >= 0.6 is 0 Å². The summed E-state index contributed by atoms with van der Waals surface area (Å²) in [4.78, 5) is 24.2. The second-order valence-corrected chi connectivity index (χ2v) is 6.34. The molecule has 0 spiro atoms. The van der Waals surface area contributed by atoms with Gasteiger partial charge < -0.3 is 10.3 Å². The summed E-state index contributed by atoms with van der Waals surface area (Å²) in [6.07, 6.45) is 3.75. The number of aryl methyl sites for hydroxylation is 4. The van der Waals surface area contributed by atoms with Gasteiger partial charge in [-0.05, 0) is 44.9 Å². The Hall–Kier alpha value is -2.69. The molecule has 0 atom stereocenters. The van der Waals surface area contributed by atoms with Crippen molar-refractivity contribution in [1.29, 1.82) is 0 Å². The molecule has 5 nitrogen and oxygen atoms in total. The van der Waals surface area contributed by atoms with E-state index >= 15 is 0 Å². The van der Waals surface area contributed by atoms with Crippen molar-refractivity contribution in [3.8, 4) is 0 Å². The van der Waals surface area contributed by atoms with Crippen LogP contribution in [0.5, 0.6) is 0 Å². The summed E-state index contributed by atoms with van der Waals surface area (Å²) in [5.41, 5.74) is 7.25. The predicted molar refractivity (Wildman–Crippen MR) is 94.8 cm³/mol. The summed E-state index contributed by atoms with van der Waals surface area (Å²) in [6, 6.07) is 4.29. The first-order valence-corrected chi connectivity index (χ1v) is 8.06. The van der Waals surface area contributed by atoms with Crippen molar-refractivity contribution in [2.24, 2.45) is 0 Å². The highest BCUT2D eigenvalue weighted by molar-refractivity contribution is 5.92. The van der Waals surface area contributed by atoms with Crippen LogP contribution in [0.25, 0.3) is 10.9 Å². The van der Waals surface area contributed by atoms with Crippen LogP contribution in [0.4, 0.5) is 0 Å². The molecule has 2 aromatic heterocycles. The van der Waals surface area contributed by atoms with Crippen molar-refractivity contribution in [2.75, 3.05) is 0 Å². The largest absolute Gasteiger partial charge is 0.358 e. The third-order valence-electron chi connectivity index (χ3n) is 4.21. The van der Waals surface area contributed by atoms with Crippen molar-refractivity contribution in [3.63, 3.8) is 0 Å². The highest BCUT2D eigenvalue weighted by Gasteiger charge is 2.14. The van der Waals surface area contributed by atoms with Crippen LogP contribution in [-0.4, -0.2) is 20.9 Å². The van der Waals surface area contributed by atoms with Gasteiger partial charge in [-0.2, -0.15) is 0 Å². The number of carbonyl (C=O) groups is 1. The molecule has 0 aliphatic carbocycles. The van der Waals surface area contributed by atoms with Gasteiger partial charge in [-0.1, -0.05) is 11.6 Å². The minimum Gasteiger partial charge on any atom is -0.358 e. The van der Waals surface area contributed by atoms with Crippen molar-refractivity contribution < 1.29 is 4.79 Å². The quantitative estimate of drug-likeness (QED) is 0.775. The fourth-order valence-corrected chi connectivity index (χ4v) is 2.99. The second kappa shape index (κ2) is 6.43. The number of hydrogen-bond donors (Lipinski definition) is 2. The van der Waals surface area contributed by atoms with Gasteiger partial charge in [0.25, 0.3) is 0 Å². The lowest BCUT2D eigenvalue weighted by Gasteiger charge is -2.06. The molecule has 3 rings (SSSR count). The normalized spacial score (nSPS) is 11.0. The number of rotatable bonds is 4. The van der Waals surface area contributed by atoms with Crippen LogP contribution < -0.4 is 5.32 Å². The number of nitrogens with one attached hydrogen (secondary N) is 2. The molecule has 124 valence electrons. The SMILES string of the molecule is Cc1cc(C)c2[nH]c(C)c(CC(=O)NCc3cnc(C)cn3)c2c1. The molecule has 2 heterocycles. The predicted octanol–water partition coefficient (Wildman–Crippen LogP) is 3.05. The van der Waals surface area contributed by atoms with Gasteiger partial charge in [-0.3, -0.25) is 14.8 Å². The third kappa shape index (κ3) is 3.30. The van der Waals surface area contributed by atoms with E-state index in [2.05, 4.69) is 46.2 Å². The zero-order valence-corrected chi connectivity index (χ0v) is 14.5. The maximum atomic E-state index is 12.3. The topological polar surface area (TPSA) is 70.7 Å². The molecule has 0 unspecified atom stereocenters. The molecule has 0 aliphatic heterocycles. The zero-order chi connectivity index (χ0) is 17.3.